The molecule has 2 rings (SSSR count). The maximum atomic E-state index is 3.78. The fourth-order valence-corrected chi connectivity index (χ4v) is 4.46. The van der Waals surface area contributed by atoms with Crippen molar-refractivity contribution in [3.63, 3.8) is 0 Å². The first-order valence-electron chi connectivity index (χ1n) is 7.45. The summed E-state index contributed by atoms with van der Waals surface area (Å²) in [7, 11) is 0. The van der Waals surface area contributed by atoms with Gasteiger partial charge in [-0.2, -0.15) is 0 Å². The molecule has 0 radical (unpaired) electrons. The molecule has 1 aliphatic heterocycles. The minimum Gasteiger partial charge on any atom is -0.309 e. The van der Waals surface area contributed by atoms with Gasteiger partial charge in [0.15, 0.2) is 0 Å². The van der Waals surface area contributed by atoms with E-state index in [0.29, 0.717) is 11.5 Å². The first-order valence-corrected chi connectivity index (χ1v) is 9.13. The maximum absolute atomic E-state index is 3.78. The summed E-state index contributed by atoms with van der Waals surface area (Å²) in [6, 6.07) is 2.85. The summed E-state index contributed by atoms with van der Waals surface area (Å²) in [5.41, 5.74) is 0.548. The number of halogens is 1. The fraction of sp³-hybridized carbons (Fsp3) is 0.750. The Morgan fingerprint density at radius 2 is 2.20 bits per heavy atom. The zero-order valence-electron chi connectivity index (χ0n) is 13.3. The lowest BCUT2D eigenvalue weighted by Crippen LogP contribution is -2.65. The second kappa shape index (κ2) is 6.07. The zero-order valence-corrected chi connectivity index (χ0v) is 15.7. The van der Waals surface area contributed by atoms with Gasteiger partial charge in [-0.3, -0.25) is 4.90 Å². The molecular weight excluding hydrogens is 332 g/mol. The number of hydrogen-bond acceptors (Lipinski definition) is 3. The summed E-state index contributed by atoms with van der Waals surface area (Å²) in [6.45, 7) is 15.0. The van der Waals surface area contributed by atoms with Crippen molar-refractivity contribution in [2.45, 2.75) is 59.2 Å². The number of nitrogens with one attached hydrogen (secondary N) is 1. The zero-order chi connectivity index (χ0) is 15.0. The molecule has 1 N–H and O–H groups in total. The Hall–Kier alpha value is 0.1000. The van der Waals surface area contributed by atoms with E-state index in [1.165, 1.54) is 15.8 Å². The van der Waals surface area contributed by atoms with Gasteiger partial charge < -0.3 is 5.32 Å². The standard InChI is InChI=1S/C16H27BrN2S/c1-6-16(5)11-19(9-13-7-12(17)10-20-13)14(8-18-16)15(2,3)4/h7,10,14,18H,6,8-9,11H2,1-5H3. The number of hydrogen-bond donors (Lipinski definition) is 1. The summed E-state index contributed by atoms with van der Waals surface area (Å²) < 4.78 is 1.21. The molecule has 1 aromatic rings. The summed E-state index contributed by atoms with van der Waals surface area (Å²) in [5, 5.41) is 5.96. The minimum atomic E-state index is 0.246. The van der Waals surface area contributed by atoms with Crippen molar-refractivity contribution < 1.29 is 0 Å². The Morgan fingerprint density at radius 3 is 2.70 bits per heavy atom. The highest BCUT2D eigenvalue weighted by atomic mass is 79.9. The van der Waals surface area contributed by atoms with E-state index in [1.807, 2.05) is 11.3 Å². The molecule has 4 heteroatoms. The topological polar surface area (TPSA) is 15.3 Å². The van der Waals surface area contributed by atoms with Crippen LogP contribution in [0.1, 0.15) is 45.9 Å². The van der Waals surface area contributed by atoms with E-state index in [4.69, 9.17) is 0 Å². The van der Waals surface area contributed by atoms with Crippen molar-refractivity contribution in [3.05, 3.63) is 20.8 Å². The van der Waals surface area contributed by atoms with Gasteiger partial charge in [0.25, 0.3) is 0 Å². The molecular formula is C16H27BrN2S. The van der Waals surface area contributed by atoms with Gasteiger partial charge in [0.2, 0.25) is 0 Å². The Balaban J connectivity index is 2.17. The van der Waals surface area contributed by atoms with Crippen LogP contribution in [0.25, 0.3) is 0 Å². The number of nitrogens with zero attached hydrogens (tertiary/aromatic N) is 1. The van der Waals surface area contributed by atoms with Crippen LogP contribution in [-0.2, 0) is 6.54 Å². The quantitative estimate of drug-likeness (QED) is 0.855. The highest BCUT2D eigenvalue weighted by Crippen LogP contribution is 2.32. The van der Waals surface area contributed by atoms with Gasteiger partial charge in [-0.1, -0.05) is 27.7 Å². The largest absolute Gasteiger partial charge is 0.309 e. The molecule has 114 valence electrons. The summed E-state index contributed by atoms with van der Waals surface area (Å²) in [6.07, 6.45) is 1.18. The van der Waals surface area contributed by atoms with E-state index in [9.17, 15) is 0 Å². The molecule has 0 bridgehead atoms. The molecule has 0 spiro atoms. The minimum absolute atomic E-state index is 0.246. The van der Waals surface area contributed by atoms with Crippen LogP contribution in [-0.4, -0.2) is 29.6 Å². The molecule has 0 aliphatic carbocycles. The molecule has 2 heterocycles. The molecule has 2 atom stereocenters. The fourth-order valence-electron chi connectivity index (χ4n) is 2.98. The Labute approximate surface area is 136 Å². The highest BCUT2D eigenvalue weighted by Gasteiger charge is 2.39. The van der Waals surface area contributed by atoms with Crippen molar-refractivity contribution >= 4 is 27.3 Å². The Morgan fingerprint density at radius 1 is 1.50 bits per heavy atom. The average Bonchev–Trinajstić information content (AvgIpc) is 2.73. The van der Waals surface area contributed by atoms with Crippen LogP contribution < -0.4 is 5.32 Å². The predicted octanol–water partition coefficient (Wildman–Crippen LogP) is 4.50. The molecule has 1 aromatic heterocycles. The van der Waals surface area contributed by atoms with E-state index < -0.39 is 0 Å². The average molecular weight is 359 g/mol. The molecule has 0 saturated carbocycles. The first kappa shape index (κ1) is 16.5. The molecule has 0 amide bonds. The van der Waals surface area contributed by atoms with Gasteiger partial charge in [-0.25, -0.2) is 0 Å². The van der Waals surface area contributed by atoms with E-state index in [-0.39, 0.29) is 5.54 Å². The predicted molar refractivity (Wildman–Crippen MR) is 92.4 cm³/mol. The third-order valence-electron chi connectivity index (χ3n) is 4.48. The number of piperazine rings is 1. The molecule has 0 aromatic carbocycles. The van der Waals surface area contributed by atoms with Gasteiger partial charge in [0, 0.05) is 45.9 Å². The molecule has 1 fully saturated rings. The van der Waals surface area contributed by atoms with Crippen LogP contribution in [0.5, 0.6) is 0 Å². The molecule has 2 nitrogen and oxygen atoms in total. The third-order valence-corrected chi connectivity index (χ3v) is 6.16. The van der Waals surface area contributed by atoms with Gasteiger partial charge in [-0.15, -0.1) is 11.3 Å². The third kappa shape index (κ3) is 3.85. The molecule has 2 unspecified atom stereocenters. The van der Waals surface area contributed by atoms with Crippen LogP contribution >= 0.6 is 27.3 Å². The molecule has 1 aliphatic rings. The van der Waals surface area contributed by atoms with Crippen molar-refractivity contribution in [1.82, 2.24) is 10.2 Å². The van der Waals surface area contributed by atoms with E-state index >= 15 is 0 Å². The summed E-state index contributed by atoms with van der Waals surface area (Å²) in [5.74, 6) is 0. The second-order valence-corrected chi connectivity index (χ2v) is 9.22. The van der Waals surface area contributed by atoms with Gasteiger partial charge >= 0.3 is 0 Å². The normalized spacial score (nSPS) is 28.8. The van der Waals surface area contributed by atoms with Crippen molar-refractivity contribution in [2.24, 2.45) is 5.41 Å². The van der Waals surface area contributed by atoms with Crippen LogP contribution in [0.2, 0.25) is 0 Å². The smallest absolute Gasteiger partial charge is 0.0332 e. The molecule has 1 saturated heterocycles. The lowest BCUT2D eigenvalue weighted by Gasteiger charge is -2.50. The Bertz CT molecular complexity index is 452. The van der Waals surface area contributed by atoms with Gasteiger partial charge in [0.1, 0.15) is 0 Å². The van der Waals surface area contributed by atoms with E-state index in [0.717, 1.165) is 19.6 Å². The van der Waals surface area contributed by atoms with Gasteiger partial charge in [0.05, 0.1) is 0 Å². The highest BCUT2D eigenvalue weighted by molar-refractivity contribution is 9.10. The lowest BCUT2D eigenvalue weighted by molar-refractivity contribution is 0.0211. The van der Waals surface area contributed by atoms with E-state index in [1.54, 1.807) is 0 Å². The van der Waals surface area contributed by atoms with Crippen LogP contribution in [0.4, 0.5) is 0 Å². The van der Waals surface area contributed by atoms with Crippen LogP contribution in [0.15, 0.2) is 15.9 Å². The Kier molecular flexibility index (Phi) is 5.00. The van der Waals surface area contributed by atoms with Crippen LogP contribution in [0, 0.1) is 5.41 Å². The van der Waals surface area contributed by atoms with E-state index in [2.05, 4.69) is 72.2 Å². The lowest BCUT2D eigenvalue weighted by atomic mass is 9.81. The SMILES string of the molecule is CCC1(C)CN(Cc2cc(Br)cs2)C(C(C)(C)C)CN1. The summed E-state index contributed by atoms with van der Waals surface area (Å²) in [4.78, 5) is 4.13. The molecule has 20 heavy (non-hydrogen) atoms. The maximum Gasteiger partial charge on any atom is 0.0332 e. The first-order chi connectivity index (χ1) is 9.23. The van der Waals surface area contributed by atoms with Crippen molar-refractivity contribution in [1.29, 1.82) is 0 Å². The number of rotatable bonds is 3. The monoisotopic (exact) mass is 358 g/mol. The van der Waals surface area contributed by atoms with Gasteiger partial charge in [-0.05, 0) is 40.8 Å². The second-order valence-electron chi connectivity index (χ2n) is 7.31. The van der Waals surface area contributed by atoms with Crippen molar-refractivity contribution in [3.8, 4) is 0 Å². The summed E-state index contributed by atoms with van der Waals surface area (Å²) >= 11 is 5.42. The number of thiophene rings is 1. The van der Waals surface area contributed by atoms with Crippen LogP contribution in [0.3, 0.4) is 0 Å². The van der Waals surface area contributed by atoms with Crippen molar-refractivity contribution in [2.75, 3.05) is 13.1 Å².